The minimum Gasteiger partial charge on any atom is -0.478 e. The van der Waals surface area contributed by atoms with Crippen molar-refractivity contribution in [2.45, 2.75) is 0 Å². The predicted octanol–water partition coefficient (Wildman–Crippen LogP) is 3.17. The van der Waals surface area contributed by atoms with Crippen molar-refractivity contribution >= 4 is 46.5 Å². The Kier molecular flexibility index (Phi) is 5.08. The van der Waals surface area contributed by atoms with Gasteiger partial charge in [0.1, 0.15) is 0 Å². The maximum atomic E-state index is 12.0. The summed E-state index contributed by atoms with van der Waals surface area (Å²) in [6, 6.07) is 12.6. The van der Waals surface area contributed by atoms with Crippen molar-refractivity contribution in [2.75, 3.05) is 5.32 Å². The van der Waals surface area contributed by atoms with Crippen LogP contribution in [0.15, 0.2) is 48.5 Å². The monoisotopic (exact) mass is 334 g/mol. The zero-order valence-electron chi connectivity index (χ0n) is 11.2. The maximum absolute atomic E-state index is 12.0. The number of carbonyl (C=O) groups excluding carboxylic acids is 1. The van der Waals surface area contributed by atoms with Gasteiger partial charge in [-0.1, -0.05) is 29.8 Å². The van der Waals surface area contributed by atoms with Gasteiger partial charge in [-0.2, -0.15) is 0 Å². The highest BCUT2D eigenvalue weighted by atomic mass is 35.5. The predicted molar refractivity (Wildman–Crippen MR) is 88.5 cm³/mol. The Labute approximate surface area is 136 Å². The molecule has 2 rings (SSSR count). The summed E-state index contributed by atoms with van der Waals surface area (Å²) in [7, 11) is 0. The molecule has 0 bridgehead atoms. The number of thiocarbonyl (C=S) groups is 1. The molecule has 5 nitrogen and oxygen atoms in total. The second-order valence-corrected chi connectivity index (χ2v) is 5.11. The lowest BCUT2D eigenvalue weighted by Crippen LogP contribution is -2.34. The van der Waals surface area contributed by atoms with E-state index in [2.05, 4.69) is 10.6 Å². The number of carboxylic acid groups (broad SMARTS) is 1. The molecular formula is C15H11ClN2O3S. The van der Waals surface area contributed by atoms with Crippen LogP contribution in [0.1, 0.15) is 20.7 Å². The van der Waals surface area contributed by atoms with Gasteiger partial charge in [0, 0.05) is 10.6 Å². The second kappa shape index (κ2) is 7.02. The Morgan fingerprint density at radius 3 is 2.50 bits per heavy atom. The smallest absolute Gasteiger partial charge is 0.337 e. The molecule has 0 unspecified atom stereocenters. The van der Waals surface area contributed by atoms with Crippen LogP contribution in [0.4, 0.5) is 5.69 Å². The molecule has 0 fully saturated rings. The first-order valence-electron chi connectivity index (χ1n) is 6.17. The number of nitrogens with one attached hydrogen (secondary N) is 2. The Bertz CT molecular complexity index is 749. The largest absolute Gasteiger partial charge is 0.478 e. The fourth-order valence-electron chi connectivity index (χ4n) is 1.74. The van der Waals surface area contributed by atoms with Crippen LogP contribution in [0.5, 0.6) is 0 Å². The highest BCUT2D eigenvalue weighted by molar-refractivity contribution is 7.80. The van der Waals surface area contributed by atoms with Crippen LogP contribution in [-0.4, -0.2) is 22.1 Å². The Morgan fingerprint density at radius 2 is 1.82 bits per heavy atom. The van der Waals surface area contributed by atoms with Crippen molar-refractivity contribution in [3.8, 4) is 0 Å². The summed E-state index contributed by atoms with van der Waals surface area (Å²) >= 11 is 10.8. The molecule has 2 aromatic carbocycles. The van der Waals surface area contributed by atoms with Crippen LogP contribution in [0.2, 0.25) is 5.02 Å². The first-order chi connectivity index (χ1) is 10.5. The van der Waals surface area contributed by atoms with Gasteiger partial charge in [-0.05, 0) is 42.5 Å². The third-order valence-corrected chi connectivity index (χ3v) is 3.16. The first-order valence-corrected chi connectivity index (χ1v) is 6.96. The van der Waals surface area contributed by atoms with Crippen molar-refractivity contribution in [2.24, 2.45) is 0 Å². The van der Waals surface area contributed by atoms with Gasteiger partial charge in [0.25, 0.3) is 5.91 Å². The van der Waals surface area contributed by atoms with Crippen molar-refractivity contribution in [1.29, 1.82) is 0 Å². The summed E-state index contributed by atoms with van der Waals surface area (Å²) < 4.78 is 0. The molecule has 7 heteroatoms. The molecule has 0 aliphatic rings. The van der Waals surface area contributed by atoms with Crippen LogP contribution < -0.4 is 10.6 Å². The number of benzene rings is 2. The van der Waals surface area contributed by atoms with Crippen LogP contribution in [0.3, 0.4) is 0 Å². The molecule has 0 atom stereocenters. The van der Waals surface area contributed by atoms with Gasteiger partial charge in [-0.15, -0.1) is 0 Å². The fourth-order valence-corrected chi connectivity index (χ4v) is 2.13. The third-order valence-electron chi connectivity index (χ3n) is 2.72. The summed E-state index contributed by atoms with van der Waals surface area (Å²) in [6.45, 7) is 0. The average Bonchev–Trinajstić information content (AvgIpc) is 2.47. The lowest BCUT2D eigenvalue weighted by Gasteiger charge is -2.11. The normalized spacial score (nSPS) is 9.86. The number of para-hydroxylation sites is 1. The van der Waals surface area contributed by atoms with Crippen molar-refractivity contribution in [1.82, 2.24) is 5.32 Å². The molecule has 0 spiro atoms. The molecule has 22 heavy (non-hydrogen) atoms. The molecule has 0 radical (unpaired) electrons. The number of carbonyl (C=O) groups is 2. The van der Waals surface area contributed by atoms with Crippen LogP contribution in [0.25, 0.3) is 0 Å². The van der Waals surface area contributed by atoms with Crippen LogP contribution in [0, 0.1) is 0 Å². The maximum Gasteiger partial charge on any atom is 0.337 e. The number of hydrogen-bond donors (Lipinski definition) is 3. The summed E-state index contributed by atoms with van der Waals surface area (Å²) in [5, 5.41) is 14.7. The number of anilines is 1. The minimum atomic E-state index is -1.09. The number of hydrogen-bond acceptors (Lipinski definition) is 3. The lowest BCUT2D eigenvalue weighted by molar-refractivity contribution is 0.0698. The topological polar surface area (TPSA) is 78.4 Å². The molecule has 2 aromatic rings. The number of halogens is 1. The zero-order chi connectivity index (χ0) is 16.1. The van der Waals surface area contributed by atoms with Gasteiger partial charge in [-0.25, -0.2) is 4.79 Å². The van der Waals surface area contributed by atoms with E-state index in [1.807, 2.05) is 0 Å². The average molecular weight is 335 g/mol. The Balaban J connectivity index is 2.08. The molecule has 0 aromatic heterocycles. The molecule has 1 amide bonds. The number of rotatable bonds is 3. The van der Waals surface area contributed by atoms with Crippen molar-refractivity contribution < 1.29 is 14.7 Å². The molecule has 0 aliphatic heterocycles. The summed E-state index contributed by atoms with van der Waals surface area (Å²) in [6.07, 6.45) is 0. The standard InChI is InChI=1S/C15H11ClN2O3S/c16-10-5-3-4-9(8-10)13(19)18-15(22)17-12-7-2-1-6-11(12)14(20)21/h1-8H,(H,20,21)(H2,17,18,19,22). The van der Waals surface area contributed by atoms with Gasteiger partial charge in [0.2, 0.25) is 0 Å². The van der Waals surface area contributed by atoms with Crippen molar-refractivity contribution in [3.05, 3.63) is 64.7 Å². The summed E-state index contributed by atoms with van der Waals surface area (Å²) in [4.78, 5) is 23.1. The van der Waals surface area contributed by atoms with Crippen LogP contribution in [-0.2, 0) is 0 Å². The number of aromatic carboxylic acids is 1. The zero-order valence-corrected chi connectivity index (χ0v) is 12.7. The van der Waals surface area contributed by atoms with E-state index in [4.69, 9.17) is 28.9 Å². The molecule has 0 heterocycles. The second-order valence-electron chi connectivity index (χ2n) is 4.27. The summed E-state index contributed by atoms with van der Waals surface area (Å²) in [5.41, 5.74) is 0.705. The van der Waals surface area contributed by atoms with Gasteiger partial charge in [0.15, 0.2) is 5.11 Å². The van der Waals surface area contributed by atoms with Gasteiger partial charge >= 0.3 is 5.97 Å². The van der Waals surface area contributed by atoms with Gasteiger partial charge in [0.05, 0.1) is 11.3 Å². The van der Waals surface area contributed by atoms with Crippen LogP contribution >= 0.6 is 23.8 Å². The number of amides is 1. The first kappa shape index (κ1) is 15.9. The molecule has 3 N–H and O–H groups in total. The minimum absolute atomic E-state index is 0.00123. The number of carboxylic acids is 1. The van der Waals surface area contributed by atoms with Gasteiger partial charge < -0.3 is 10.4 Å². The van der Waals surface area contributed by atoms with E-state index < -0.39 is 11.9 Å². The van der Waals surface area contributed by atoms with E-state index in [-0.39, 0.29) is 10.7 Å². The lowest BCUT2D eigenvalue weighted by atomic mass is 10.2. The molecular weight excluding hydrogens is 324 g/mol. The summed E-state index contributed by atoms with van der Waals surface area (Å²) in [5.74, 6) is -1.53. The van der Waals surface area contributed by atoms with E-state index in [1.165, 1.54) is 12.1 Å². The van der Waals surface area contributed by atoms with E-state index >= 15 is 0 Å². The van der Waals surface area contributed by atoms with Crippen molar-refractivity contribution in [3.63, 3.8) is 0 Å². The molecule has 0 saturated heterocycles. The fraction of sp³-hybridized carbons (Fsp3) is 0. The molecule has 0 aliphatic carbocycles. The Morgan fingerprint density at radius 1 is 1.09 bits per heavy atom. The highest BCUT2D eigenvalue weighted by Crippen LogP contribution is 2.15. The van der Waals surface area contributed by atoms with E-state index in [0.29, 0.717) is 16.3 Å². The molecule has 112 valence electrons. The highest BCUT2D eigenvalue weighted by Gasteiger charge is 2.12. The SMILES string of the molecule is O=C(NC(=S)Nc1ccccc1C(=O)O)c1cccc(Cl)c1. The van der Waals surface area contributed by atoms with E-state index in [0.717, 1.165) is 0 Å². The van der Waals surface area contributed by atoms with E-state index in [1.54, 1.807) is 36.4 Å². The van der Waals surface area contributed by atoms with E-state index in [9.17, 15) is 9.59 Å². The Hall–Kier alpha value is -2.44. The van der Waals surface area contributed by atoms with Gasteiger partial charge in [-0.3, -0.25) is 10.1 Å². The quantitative estimate of drug-likeness (QED) is 0.751. The molecule has 0 saturated carbocycles. The third kappa shape index (κ3) is 4.03.